The summed E-state index contributed by atoms with van der Waals surface area (Å²) >= 11 is 3.03. The molecule has 176 valence electrons. The number of amides is 2. The number of carbonyl (C=O) groups is 2. The van der Waals surface area contributed by atoms with E-state index in [1.54, 1.807) is 19.2 Å². The fourth-order valence-corrected chi connectivity index (χ4v) is 4.27. The molecular weight excluding hydrogens is 509 g/mol. The minimum absolute atomic E-state index is 0.00572. The predicted molar refractivity (Wildman–Crippen MR) is 113 cm³/mol. The number of halogens is 4. The van der Waals surface area contributed by atoms with Gasteiger partial charge in [0.25, 0.3) is 5.91 Å². The number of anilines is 1. The maximum Gasteiger partial charge on any atom is 0.436 e. The van der Waals surface area contributed by atoms with Gasteiger partial charge in [-0.1, -0.05) is 0 Å². The predicted octanol–water partition coefficient (Wildman–Crippen LogP) is 3.83. The molecule has 3 heterocycles. The first kappa shape index (κ1) is 23.1. The van der Waals surface area contributed by atoms with Crippen LogP contribution >= 0.6 is 15.9 Å². The zero-order valence-electron chi connectivity index (χ0n) is 17.4. The van der Waals surface area contributed by atoms with Gasteiger partial charge in [-0.05, 0) is 40.9 Å². The van der Waals surface area contributed by atoms with E-state index in [-0.39, 0.29) is 41.3 Å². The zero-order chi connectivity index (χ0) is 23.8. The van der Waals surface area contributed by atoms with Crippen molar-refractivity contribution >= 4 is 33.4 Å². The van der Waals surface area contributed by atoms with Gasteiger partial charge < -0.3 is 15.1 Å². The smallest absolute Gasteiger partial charge is 0.436 e. The van der Waals surface area contributed by atoms with Crippen molar-refractivity contribution in [2.75, 3.05) is 5.32 Å². The molecular formula is C20H20BrF3N6O3. The standard InChI is InChI=1S/C20H20BrF3N6O3/c1-29-17(19(32)25-9-12-3-2-8-33-12)13(10-26-29)27-14(31)6-7-30-16(11-4-5-11)15(21)18(28-30)20(22,23)24/h2-3,8,10-11H,4-7,9H2,1H3,(H,25,32)(H,27,31). The molecule has 4 rings (SSSR count). The third-order valence-electron chi connectivity index (χ3n) is 5.15. The number of alkyl halides is 3. The molecule has 0 unspecified atom stereocenters. The second-order valence-electron chi connectivity index (χ2n) is 7.63. The van der Waals surface area contributed by atoms with E-state index in [1.807, 2.05) is 0 Å². The number of aryl methyl sites for hydroxylation is 2. The van der Waals surface area contributed by atoms with Crippen LogP contribution < -0.4 is 10.6 Å². The lowest BCUT2D eigenvalue weighted by molar-refractivity contribution is -0.142. The lowest BCUT2D eigenvalue weighted by Crippen LogP contribution is -2.26. The van der Waals surface area contributed by atoms with E-state index in [0.29, 0.717) is 11.5 Å². The second kappa shape index (κ2) is 9.04. The SMILES string of the molecule is Cn1ncc(NC(=O)CCn2nc(C(F)(F)F)c(Br)c2C2CC2)c1C(=O)NCc1ccco1. The number of carbonyl (C=O) groups excluding carboxylic acids is 2. The summed E-state index contributed by atoms with van der Waals surface area (Å²) in [5, 5.41) is 13.0. The molecule has 1 saturated carbocycles. The largest absolute Gasteiger partial charge is 0.467 e. The van der Waals surface area contributed by atoms with Crippen LogP contribution in [0.5, 0.6) is 0 Å². The van der Waals surface area contributed by atoms with Gasteiger partial charge in [-0.3, -0.25) is 19.0 Å². The minimum Gasteiger partial charge on any atom is -0.467 e. The van der Waals surface area contributed by atoms with Crippen LogP contribution in [0.3, 0.4) is 0 Å². The van der Waals surface area contributed by atoms with E-state index >= 15 is 0 Å². The van der Waals surface area contributed by atoms with Crippen molar-refractivity contribution < 1.29 is 27.2 Å². The van der Waals surface area contributed by atoms with Gasteiger partial charge in [0.1, 0.15) is 11.5 Å². The molecule has 2 amide bonds. The first-order valence-corrected chi connectivity index (χ1v) is 10.9. The maximum atomic E-state index is 13.2. The Morgan fingerprint density at radius 1 is 1.33 bits per heavy atom. The molecule has 13 heteroatoms. The van der Waals surface area contributed by atoms with Crippen molar-refractivity contribution in [1.29, 1.82) is 0 Å². The van der Waals surface area contributed by atoms with E-state index in [9.17, 15) is 22.8 Å². The number of nitrogens with one attached hydrogen (secondary N) is 2. The molecule has 0 spiro atoms. The van der Waals surface area contributed by atoms with Crippen LogP contribution in [0, 0.1) is 0 Å². The normalized spacial score (nSPS) is 13.8. The molecule has 0 aliphatic heterocycles. The summed E-state index contributed by atoms with van der Waals surface area (Å²) in [6.45, 7) is 0.122. The highest BCUT2D eigenvalue weighted by molar-refractivity contribution is 9.10. The second-order valence-corrected chi connectivity index (χ2v) is 8.43. The molecule has 0 saturated heterocycles. The minimum atomic E-state index is -4.59. The molecule has 2 N–H and O–H groups in total. The summed E-state index contributed by atoms with van der Waals surface area (Å²) in [6.07, 6.45) is -0.347. The average Bonchev–Trinajstić information content (AvgIpc) is 3.15. The van der Waals surface area contributed by atoms with Crippen molar-refractivity contribution in [2.24, 2.45) is 7.05 Å². The molecule has 1 aliphatic carbocycles. The zero-order valence-corrected chi connectivity index (χ0v) is 19.0. The molecule has 9 nitrogen and oxygen atoms in total. The fourth-order valence-electron chi connectivity index (χ4n) is 3.43. The Hall–Kier alpha value is -3.09. The van der Waals surface area contributed by atoms with Gasteiger partial charge in [0.2, 0.25) is 5.91 Å². The first-order chi connectivity index (χ1) is 15.6. The monoisotopic (exact) mass is 528 g/mol. The molecule has 0 bridgehead atoms. The van der Waals surface area contributed by atoms with E-state index < -0.39 is 23.7 Å². The van der Waals surface area contributed by atoms with Gasteiger partial charge in [-0.15, -0.1) is 0 Å². The van der Waals surface area contributed by atoms with E-state index in [2.05, 4.69) is 36.8 Å². The fraction of sp³-hybridized carbons (Fsp3) is 0.400. The van der Waals surface area contributed by atoms with Gasteiger partial charge in [0.15, 0.2) is 5.69 Å². The summed E-state index contributed by atoms with van der Waals surface area (Å²) in [4.78, 5) is 25.1. The summed E-state index contributed by atoms with van der Waals surface area (Å²) in [7, 11) is 1.55. The lowest BCUT2D eigenvalue weighted by Gasteiger charge is -2.09. The topological polar surface area (TPSA) is 107 Å². The molecule has 1 fully saturated rings. The molecule has 0 atom stereocenters. The van der Waals surface area contributed by atoms with Gasteiger partial charge in [0.05, 0.1) is 41.4 Å². The number of hydrogen-bond donors (Lipinski definition) is 2. The van der Waals surface area contributed by atoms with Crippen LogP contribution in [0.2, 0.25) is 0 Å². The Kier molecular flexibility index (Phi) is 6.32. The van der Waals surface area contributed by atoms with Crippen molar-refractivity contribution in [3.8, 4) is 0 Å². The highest BCUT2D eigenvalue weighted by Gasteiger charge is 2.41. The van der Waals surface area contributed by atoms with Crippen molar-refractivity contribution in [2.45, 2.75) is 44.4 Å². The average molecular weight is 529 g/mol. The Morgan fingerprint density at radius 2 is 2.09 bits per heavy atom. The Labute approximate surface area is 194 Å². The Bertz CT molecular complexity index is 1160. The van der Waals surface area contributed by atoms with Crippen molar-refractivity contribution in [1.82, 2.24) is 24.9 Å². The summed E-state index contributed by atoms with van der Waals surface area (Å²) in [6, 6.07) is 3.40. The van der Waals surface area contributed by atoms with Gasteiger partial charge in [0, 0.05) is 19.4 Å². The van der Waals surface area contributed by atoms with Crippen LogP contribution in [0.15, 0.2) is 33.5 Å². The van der Waals surface area contributed by atoms with Crippen LogP contribution in [0.1, 0.15) is 52.8 Å². The van der Waals surface area contributed by atoms with E-state index in [4.69, 9.17) is 4.42 Å². The van der Waals surface area contributed by atoms with Gasteiger partial charge >= 0.3 is 6.18 Å². The number of aromatic nitrogens is 4. The van der Waals surface area contributed by atoms with Crippen molar-refractivity contribution in [3.63, 3.8) is 0 Å². The third kappa shape index (κ3) is 5.13. The van der Waals surface area contributed by atoms with Crippen LogP contribution in [-0.4, -0.2) is 31.4 Å². The molecule has 0 aromatic carbocycles. The van der Waals surface area contributed by atoms with Gasteiger partial charge in [-0.25, -0.2) is 0 Å². The number of nitrogens with zero attached hydrogens (tertiary/aromatic N) is 4. The van der Waals surface area contributed by atoms with E-state index in [1.165, 1.54) is 21.8 Å². The summed E-state index contributed by atoms with van der Waals surface area (Å²) < 4.78 is 47.4. The van der Waals surface area contributed by atoms with E-state index in [0.717, 1.165) is 12.8 Å². The lowest BCUT2D eigenvalue weighted by atomic mass is 10.2. The third-order valence-corrected chi connectivity index (χ3v) is 5.93. The molecule has 3 aromatic rings. The highest BCUT2D eigenvalue weighted by atomic mass is 79.9. The summed E-state index contributed by atoms with van der Waals surface area (Å²) in [5.41, 5.74) is -0.212. The molecule has 1 aliphatic rings. The quantitative estimate of drug-likeness (QED) is 0.462. The molecule has 0 radical (unpaired) electrons. The number of furan rings is 1. The maximum absolute atomic E-state index is 13.2. The number of hydrogen-bond acceptors (Lipinski definition) is 5. The Balaban J connectivity index is 1.42. The first-order valence-electron chi connectivity index (χ1n) is 10.1. The Morgan fingerprint density at radius 3 is 2.73 bits per heavy atom. The van der Waals surface area contributed by atoms with Crippen LogP contribution in [-0.2, 0) is 31.1 Å². The molecule has 33 heavy (non-hydrogen) atoms. The van der Waals surface area contributed by atoms with Crippen LogP contribution in [0.4, 0.5) is 18.9 Å². The van der Waals surface area contributed by atoms with Crippen molar-refractivity contribution in [3.05, 3.63) is 51.9 Å². The van der Waals surface area contributed by atoms with Crippen LogP contribution in [0.25, 0.3) is 0 Å². The highest BCUT2D eigenvalue weighted by Crippen LogP contribution is 2.47. The number of rotatable bonds is 8. The molecule has 3 aromatic heterocycles. The van der Waals surface area contributed by atoms with Gasteiger partial charge in [-0.2, -0.15) is 23.4 Å². The summed E-state index contributed by atoms with van der Waals surface area (Å²) in [5.74, 6) is -0.395.